The highest BCUT2D eigenvalue weighted by molar-refractivity contribution is 5.81. The van der Waals surface area contributed by atoms with E-state index in [0.717, 1.165) is 19.3 Å². The number of hydrogen-bond donors (Lipinski definition) is 2. The second kappa shape index (κ2) is 7.88. The van der Waals surface area contributed by atoms with Gasteiger partial charge in [-0.1, -0.05) is 6.92 Å². The van der Waals surface area contributed by atoms with Gasteiger partial charge in [0.1, 0.15) is 11.5 Å². The first-order chi connectivity index (χ1) is 10.2. The number of carbonyl (C=O) groups is 1. The lowest BCUT2D eigenvalue weighted by Gasteiger charge is -2.18. The summed E-state index contributed by atoms with van der Waals surface area (Å²) in [5.74, 6) is 1.13. The van der Waals surface area contributed by atoms with E-state index in [-0.39, 0.29) is 12.5 Å². The SMILES string of the molecule is CCCOc1ccc(CO)c(OC2CCCCNC2=O)c1. The molecule has 5 nitrogen and oxygen atoms in total. The maximum atomic E-state index is 11.9. The molecule has 0 bridgehead atoms. The van der Waals surface area contributed by atoms with Crippen molar-refractivity contribution in [1.29, 1.82) is 0 Å². The summed E-state index contributed by atoms with van der Waals surface area (Å²) in [7, 11) is 0. The molecule has 1 atom stereocenters. The van der Waals surface area contributed by atoms with E-state index in [0.29, 0.717) is 36.6 Å². The predicted molar refractivity (Wildman–Crippen MR) is 79.4 cm³/mol. The highest BCUT2D eigenvalue weighted by Crippen LogP contribution is 2.27. The van der Waals surface area contributed by atoms with Crippen LogP contribution in [0.4, 0.5) is 0 Å². The highest BCUT2D eigenvalue weighted by Gasteiger charge is 2.23. The Bertz CT molecular complexity index is 475. The van der Waals surface area contributed by atoms with Crippen molar-refractivity contribution in [3.8, 4) is 11.5 Å². The summed E-state index contributed by atoms with van der Waals surface area (Å²) in [6, 6.07) is 5.33. The first kappa shape index (κ1) is 15.6. The van der Waals surface area contributed by atoms with Crippen molar-refractivity contribution in [1.82, 2.24) is 5.32 Å². The Morgan fingerprint density at radius 1 is 1.38 bits per heavy atom. The van der Waals surface area contributed by atoms with E-state index in [1.165, 1.54) is 0 Å². The molecule has 0 radical (unpaired) electrons. The van der Waals surface area contributed by atoms with Crippen LogP contribution in [0.2, 0.25) is 0 Å². The smallest absolute Gasteiger partial charge is 0.261 e. The van der Waals surface area contributed by atoms with E-state index in [2.05, 4.69) is 5.32 Å². The minimum absolute atomic E-state index is 0.0868. The van der Waals surface area contributed by atoms with E-state index in [1.54, 1.807) is 18.2 Å². The average molecular weight is 293 g/mol. The molecule has 2 N–H and O–H groups in total. The molecule has 1 heterocycles. The number of hydrogen-bond acceptors (Lipinski definition) is 4. The highest BCUT2D eigenvalue weighted by atomic mass is 16.5. The first-order valence-corrected chi connectivity index (χ1v) is 7.55. The van der Waals surface area contributed by atoms with Gasteiger partial charge in [-0.05, 0) is 37.8 Å². The van der Waals surface area contributed by atoms with Gasteiger partial charge in [-0.2, -0.15) is 0 Å². The monoisotopic (exact) mass is 293 g/mol. The lowest BCUT2D eigenvalue weighted by Crippen LogP contribution is -2.36. The number of benzene rings is 1. The van der Waals surface area contributed by atoms with E-state index >= 15 is 0 Å². The second-order valence-electron chi connectivity index (χ2n) is 5.17. The fraction of sp³-hybridized carbons (Fsp3) is 0.562. The maximum absolute atomic E-state index is 11.9. The van der Waals surface area contributed by atoms with Crippen molar-refractivity contribution in [2.24, 2.45) is 0 Å². The van der Waals surface area contributed by atoms with Crippen LogP contribution in [0.3, 0.4) is 0 Å². The topological polar surface area (TPSA) is 67.8 Å². The number of amides is 1. The van der Waals surface area contributed by atoms with Crippen LogP contribution in [0.25, 0.3) is 0 Å². The van der Waals surface area contributed by atoms with Gasteiger partial charge in [0.05, 0.1) is 13.2 Å². The van der Waals surface area contributed by atoms with Gasteiger partial charge in [0.2, 0.25) is 0 Å². The molecule has 1 aliphatic heterocycles. The van der Waals surface area contributed by atoms with Gasteiger partial charge in [0.25, 0.3) is 5.91 Å². The lowest BCUT2D eigenvalue weighted by atomic mass is 10.1. The molecule has 0 aromatic heterocycles. The molecule has 1 amide bonds. The minimum atomic E-state index is -0.501. The molecule has 1 fully saturated rings. The van der Waals surface area contributed by atoms with Crippen LogP contribution in [0.15, 0.2) is 18.2 Å². The van der Waals surface area contributed by atoms with Gasteiger partial charge >= 0.3 is 0 Å². The van der Waals surface area contributed by atoms with Crippen LogP contribution < -0.4 is 14.8 Å². The fourth-order valence-electron chi connectivity index (χ4n) is 2.26. The summed E-state index contributed by atoms with van der Waals surface area (Å²) in [6.45, 7) is 3.24. The molecule has 0 spiro atoms. The Labute approximate surface area is 125 Å². The van der Waals surface area contributed by atoms with Gasteiger partial charge in [0.15, 0.2) is 6.10 Å². The van der Waals surface area contributed by atoms with Crippen LogP contribution >= 0.6 is 0 Å². The van der Waals surface area contributed by atoms with Crippen molar-refractivity contribution in [2.75, 3.05) is 13.2 Å². The molecule has 21 heavy (non-hydrogen) atoms. The van der Waals surface area contributed by atoms with Gasteiger partial charge in [-0.15, -0.1) is 0 Å². The summed E-state index contributed by atoms with van der Waals surface area (Å²) in [6.07, 6.45) is 3.03. The van der Waals surface area contributed by atoms with E-state index in [1.807, 2.05) is 6.92 Å². The van der Waals surface area contributed by atoms with Gasteiger partial charge in [-0.25, -0.2) is 0 Å². The Balaban J connectivity index is 2.13. The maximum Gasteiger partial charge on any atom is 0.261 e. The van der Waals surface area contributed by atoms with E-state index in [9.17, 15) is 9.90 Å². The molecule has 0 aliphatic carbocycles. The Morgan fingerprint density at radius 2 is 2.24 bits per heavy atom. The second-order valence-corrected chi connectivity index (χ2v) is 5.17. The van der Waals surface area contributed by atoms with Crippen molar-refractivity contribution >= 4 is 5.91 Å². The Hall–Kier alpha value is -1.75. The van der Waals surface area contributed by atoms with Crippen LogP contribution in [0.5, 0.6) is 11.5 Å². The third-order valence-electron chi connectivity index (χ3n) is 3.44. The lowest BCUT2D eigenvalue weighted by molar-refractivity contribution is -0.127. The number of carbonyl (C=O) groups excluding carboxylic acids is 1. The quantitative estimate of drug-likeness (QED) is 0.842. The molecular formula is C16H23NO4. The third-order valence-corrected chi connectivity index (χ3v) is 3.44. The number of nitrogens with one attached hydrogen (secondary N) is 1. The molecule has 2 rings (SSSR count). The van der Waals surface area contributed by atoms with Gasteiger partial charge < -0.3 is 19.9 Å². The van der Waals surface area contributed by atoms with Gasteiger partial charge in [-0.3, -0.25) is 4.79 Å². The number of aliphatic hydroxyl groups excluding tert-OH is 1. The molecule has 1 unspecified atom stereocenters. The summed E-state index contributed by atoms with van der Waals surface area (Å²) in [5.41, 5.74) is 0.663. The zero-order chi connectivity index (χ0) is 15.1. The van der Waals surface area contributed by atoms with Crippen molar-refractivity contribution in [3.63, 3.8) is 0 Å². The van der Waals surface area contributed by atoms with Crippen LogP contribution in [0, 0.1) is 0 Å². The molecule has 5 heteroatoms. The average Bonchev–Trinajstić information content (AvgIpc) is 2.70. The van der Waals surface area contributed by atoms with Crippen LogP contribution in [-0.4, -0.2) is 30.3 Å². The number of ether oxygens (including phenoxy) is 2. The summed E-state index contributed by atoms with van der Waals surface area (Å²) >= 11 is 0. The van der Waals surface area contributed by atoms with Gasteiger partial charge in [0, 0.05) is 18.2 Å². The standard InChI is InChI=1S/C16H23NO4/c1-2-9-20-13-7-6-12(11-18)15(10-13)21-14-5-3-4-8-17-16(14)19/h6-7,10,14,18H,2-5,8-9,11H2,1H3,(H,17,19). The summed E-state index contributed by atoms with van der Waals surface area (Å²) in [5, 5.41) is 12.3. The summed E-state index contributed by atoms with van der Waals surface area (Å²) < 4.78 is 11.4. The first-order valence-electron chi connectivity index (χ1n) is 7.55. The molecule has 1 aliphatic rings. The van der Waals surface area contributed by atoms with Crippen molar-refractivity contribution in [3.05, 3.63) is 23.8 Å². The zero-order valence-corrected chi connectivity index (χ0v) is 12.4. The predicted octanol–water partition coefficient (Wildman–Crippen LogP) is 2.02. The fourth-order valence-corrected chi connectivity index (χ4v) is 2.26. The van der Waals surface area contributed by atoms with E-state index in [4.69, 9.17) is 9.47 Å². The molecule has 1 aromatic rings. The Morgan fingerprint density at radius 3 is 3.00 bits per heavy atom. The van der Waals surface area contributed by atoms with Crippen LogP contribution in [-0.2, 0) is 11.4 Å². The molecule has 1 saturated heterocycles. The third kappa shape index (κ3) is 4.36. The zero-order valence-electron chi connectivity index (χ0n) is 12.4. The number of aliphatic hydroxyl groups is 1. The number of rotatable bonds is 6. The normalized spacial score (nSPS) is 18.8. The summed E-state index contributed by atoms with van der Waals surface area (Å²) in [4.78, 5) is 11.9. The van der Waals surface area contributed by atoms with E-state index < -0.39 is 6.10 Å². The molecule has 0 saturated carbocycles. The minimum Gasteiger partial charge on any atom is -0.493 e. The molecule has 116 valence electrons. The molecular weight excluding hydrogens is 270 g/mol. The largest absolute Gasteiger partial charge is 0.493 e. The Kier molecular flexibility index (Phi) is 5.87. The van der Waals surface area contributed by atoms with Crippen LogP contribution in [0.1, 0.15) is 38.2 Å². The molecule has 1 aromatic carbocycles. The van der Waals surface area contributed by atoms with Crippen molar-refractivity contribution < 1.29 is 19.4 Å². The van der Waals surface area contributed by atoms with Crippen molar-refractivity contribution in [2.45, 2.75) is 45.3 Å².